The van der Waals surface area contributed by atoms with Gasteiger partial charge in [0.15, 0.2) is 0 Å². The monoisotopic (exact) mass is 236 g/mol. The fourth-order valence-electron chi connectivity index (χ4n) is 4.80. The van der Waals surface area contributed by atoms with E-state index in [4.69, 9.17) is 0 Å². The molecule has 0 aliphatic heterocycles. The van der Waals surface area contributed by atoms with Gasteiger partial charge in [-0.3, -0.25) is 0 Å². The molecule has 0 aromatic carbocycles. The smallest absolute Gasteiger partial charge is 0.0546 e. The number of rotatable bonds is 4. The van der Waals surface area contributed by atoms with Crippen LogP contribution >= 0.6 is 0 Å². The highest BCUT2D eigenvalue weighted by atomic mass is 16.3. The van der Waals surface area contributed by atoms with Gasteiger partial charge in [0, 0.05) is 0 Å². The molecule has 5 unspecified atom stereocenters. The van der Waals surface area contributed by atoms with Crippen LogP contribution in [0.15, 0.2) is 12.2 Å². The first-order chi connectivity index (χ1) is 7.84. The van der Waals surface area contributed by atoms with Gasteiger partial charge in [0.05, 0.1) is 6.10 Å². The fraction of sp³-hybridized carbons (Fsp3) is 0.875. The lowest BCUT2D eigenvalue weighted by atomic mass is 9.62. The van der Waals surface area contributed by atoms with Crippen LogP contribution < -0.4 is 0 Å². The Bertz CT molecular complexity index is 303. The zero-order valence-corrected chi connectivity index (χ0v) is 11.9. The molecule has 1 nitrogen and oxygen atoms in total. The van der Waals surface area contributed by atoms with Crippen LogP contribution in [-0.2, 0) is 0 Å². The van der Waals surface area contributed by atoms with E-state index in [1.807, 2.05) is 6.92 Å². The van der Waals surface area contributed by atoms with Crippen LogP contribution in [0.5, 0.6) is 0 Å². The van der Waals surface area contributed by atoms with E-state index in [0.29, 0.717) is 17.3 Å². The van der Waals surface area contributed by atoms with Gasteiger partial charge in [0.25, 0.3) is 0 Å². The van der Waals surface area contributed by atoms with Crippen molar-refractivity contribution in [3.05, 3.63) is 12.2 Å². The first-order valence-corrected chi connectivity index (χ1v) is 7.16. The molecule has 0 amide bonds. The number of allylic oxidation sites excluding steroid dienone is 1. The molecule has 2 fully saturated rings. The molecule has 2 saturated carbocycles. The van der Waals surface area contributed by atoms with Crippen LogP contribution in [0, 0.1) is 29.1 Å². The van der Waals surface area contributed by atoms with Crippen molar-refractivity contribution in [1.29, 1.82) is 0 Å². The van der Waals surface area contributed by atoms with Gasteiger partial charge in [0.1, 0.15) is 0 Å². The molecule has 98 valence electrons. The van der Waals surface area contributed by atoms with Crippen LogP contribution in [0.1, 0.15) is 53.4 Å². The number of aliphatic hydroxyl groups excluding tert-OH is 1. The summed E-state index contributed by atoms with van der Waals surface area (Å²) in [6, 6.07) is 0. The molecule has 2 bridgehead atoms. The Morgan fingerprint density at radius 1 is 1.41 bits per heavy atom. The van der Waals surface area contributed by atoms with E-state index in [0.717, 1.165) is 18.3 Å². The van der Waals surface area contributed by atoms with E-state index in [1.54, 1.807) is 0 Å². The first-order valence-electron chi connectivity index (χ1n) is 7.16. The van der Waals surface area contributed by atoms with Crippen molar-refractivity contribution in [2.45, 2.75) is 59.5 Å². The standard InChI is InChI=1S/C16H28O/c1-10(2)8-14(11(3)17)15-12-6-7-13(9-12)16(15,4)5/h11-15,17H,1,6-9H2,2-5H3. The molecule has 1 heteroatoms. The molecule has 0 heterocycles. The van der Waals surface area contributed by atoms with Crippen molar-refractivity contribution in [3.63, 3.8) is 0 Å². The van der Waals surface area contributed by atoms with Crippen LogP contribution in [0.3, 0.4) is 0 Å². The molecule has 0 spiro atoms. The van der Waals surface area contributed by atoms with Gasteiger partial charge in [-0.25, -0.2) is 0 Å². The maximum absolute atomic E-state index is 10.1. The van der Waals surface area contributed by atoms with Crippen molar-refractivity contribution in [2.24, 2.45) is 29.1 Å². The largest absolute Gasteiger partial charge is 0.393 e. The second-order valence-corrected chi connectivity index (χ2v) is 7.18. The predicted octanol–water partition coefficient (Wildman–Crippen LogP) is 4.02. The van der Waals surface area contributed by atoms with Gasteiger partial charge in [-0.05, 0) is 68.6 Å². The highest BCUT2D eigenvalue weighted by molar-refractivity contribution is 5.06. The Hall–Kier alpha value is -0.300. The highest BCUT2D eigenvalue weighted by Crippen LogP contribution is 2.62. The lowest BCUT2D eigenvalue weighted by Crippen LogP contribution is -2.40. The number of hydrogen-bond donors (Lipinski definition) is 1. The van der Waals surface area contributed by atoms with Gasteiger partial charge in [-0.2, -0.15) is 0 Å². The second-order valence-electron chi connectivity index (χ2n) is 7.18. The zero-order valence-electron chi connectivity index (χ0n) is 11.9. The molecular formula is C16H28O. The van der Waals surface area contributed by atoms with Crippen molar-refractivity contribution in [1.82, 2.24) is 0 Å². The van der Waals surface area contributed by atoms with Crippen LogP contribution in [0.4, 0.5) is 0 Å². The van der Waals surface area contributed by atoms with Crippen LogP contribution in [-0.4, -0.2) is 11.2 Å². The van der Waals surface area contributed by atoms with Crippen molar-refractivity contribution < 1.29 is 5.11 Å². The molecule has 17 heavy (non-hydrogen) atoms. The molecule has 2 aliphatic carbocycles. The third-order valence-electron chi connectivity index (χ3n) is 5.56. The average molecular weight is 236 g/mol. The van der Waals surface area contributed by atoms with Gasteiger partial charge in [0.2, 0.25) is 0 Å². The van der Waals surface area contributed by atoms with E-state index < -0.39 is 0 Å². The van der Waals surface area contributed by atoms with Gasteiger partial charge < -0.3 is 5.11 Å². The zero-order chi connectivity index (χ0) is 12.8. The summed E-state index contributed by atoms with van der Waals surface area (Å²) in [5.74, 6) is 2.86. The number of hydrogen-bond acceptors (Lipinski definition) is 1. The Morgan fingerprint density at radius 3 is 2.47 bits per heavy atom. The molecule has 0 aromatic rings. The second kappa shape index (κ2) is 4.42. The van der Waals surface area contributed by atoms with Crippen LogP contribution in [0.2, 0.25) is 0 Å². The predicted molar refractivity (Wildman–Crippen MR) is 72.7 cm³/mol. The number of aliphatic hydroxyl groups is 1. The van der Waals surface area contributed by atoms with Gasteiger partial charge in [-0.1, -0.05) is 19.4 Å². The van der Waals surface area contributed by atoms with E-state index >= 15 is 0 Å². The summed E-state index contributed by atoms with van der Waals surface area (Å²) in [5, 5.41) is 10.1. The molecule has 0 aromatic heterocycles. The molecule has 1 N–H and O–H groups in total. The molecule has 5 atom stereocenters. The summed E-state index contributed by atoms with van der Waals surface area (Å²) in [7, 11) is 0. The summed E-state index contributed by atoms with van der Waals surface area (Å²) < 4.78 is 0. The Balaban J connectivity index is 2.21. The Morgan fingerprint density at radius 2 is 2.06 bits per heavy atom. The minimum Gasteiger partial charge on any atom is -0.393 e. The molecular weight excluding hydrogens is 208 g/mol. The maximum atomic E-state index is 10.1. The van der Waals surface area contributed by atoms with Gasteiger partial charge in [-0.15, -0.1) is 6.58 Å². The summed E-state index contributed by atoms with van der Waals surface area (Å²) in [4.78, 5) is 0. The SMILES string of the molecule is C=C(C)CC(C(C)O)C1C2CCC(C2)C1(C)C. The third kappa shape index (κ3) is 2.19. The lowest BCUT2D eigenvalue weighted by molar-refractivity contribution is 0.00155. The highest BCUT2D eigenvalue weighted by Gasteiger charge is 2.55. The first kappa shape index (κ1) is 13.1. The quantitative estimate of drug-likeness (QED) is 0.731. The lowest BCUT2D eigenvalue weighted by Gasteiger charge is -2.44. The molecule has 2 rings (SSSR count). The van der Waals surface area contributed by atoms with E-state index in [9.17, 15) is 5.11 Å². The molecule has 0 saturated heterocycles. The fourth-order valence-corrected chi connectivity index (χ4v) is 4.80. The molecule has 0 radical (unpaired) electrons. The maximum Gasteiger partial charge on any atom is 0.0546 e. The summed E-state index contributed by atoms with van der Waals surface area (Å²) >= 11 is 0. The van der Waals surface area contributed by atoms with Crippen molar-refractivity contribution in [2.75, 3.05) is 0 Å². The topological polar surface area (TPSA) is 20.2 Å². The third-order valence-corrected chi connectivity index (χ3v) is 5.56. The summed E-state index contributed by atoms with van der Waals surface area (Å²) in [5.41, 5.74) is 1.63. The minimum atomic E-state index is -0.199. The van der Waals surface area contributed by atoms with E-state index in [-0.39, 0.29) is 6.10 Å². The summed E-state index contributed by atoms with van der Waals surface area (Å²) in [6.07, 6.45) is 4.99. The minimum absolute atomic E-state index is 0.199. The summed E-state index contributed by atoms with van der Waals surface area (Å²) in [6.45, 7) is 13.0. The number of fused-ring (bicyclic) bond motifs is 2. The molecule has 2 aliphatic rings. The van der Waals surface area contributed by atoms with E-state index in [2.05, 4.69) is 27.4 Å². The van der Waals surface area contributed by atoms with E-state index in [1.165, 1.54) is 24.8 Å². The van der Waals surface area contributed by atoms with Crippen molar-refractivity contribution >= 4 is 0 Å². The normalized spacial score (nSPS) is 38.1. The van der Waals surface area contributed by atoms with Crippen LogP contribution in [0.25, 0.3) is 0 Å². The Labute approximate surface area is 106 Å². The Kier molecular flexibility index (Phi) is 3.42. The average Bonchev–Trinajstić information content (AvgIpc) is 2.72. The van der Waals surface area contributed by atoms with Gasteiger partial charge >= 0.3 is 0 Å². The van der Waals surface area contributed by atoms with Crippen molar-refractivity contribution in [3.8, 4) is 0 Å².